The van der Waals surface area contributed by atoms with Crippen LogP contribution in [0.5, 0.6) is 0 Å². The molecule has 3 rings (SSSR count). The third kappa shape index (κ3) is 3.11. The molecule has 1 amide bonds. The lowest BCUT2D eigenvalue weighted by Gasteiger charge is -2.39. The molecule has 23 heavy (non-hydrogen) atoms. The van der Waals surface area contributed by atoms with E-state index in [-0.39, 0.29) is 12.8 Å². The van der Waals surface area contributed by atoms with Gasteiger partial charge in [0, 0.05) is 31.8 Å². The summed E-state index contributed by atoms with van der Waals surface area (Å²) in [5, 5.41) is 11.3. The maximum absolute atomic E-state index is 13.7. The van der Waals surface area contributed by atoms with Gasteiger partial charge in [-0.3, -0.25) is 4.79 Å². The molecule has 1 aliphatic carbocycles. The Labute approximate surface area is 135 Å². The van der Waals surface area contributed by atoms with Crippen molar-refractivity contribution in [2.45, 2.75) is 50.0 Å². The van der Waals surface area contributed by atoms with Crippen molar-refractivity contribution in [3.63, 3.8) is 0 Å². The van der Waals surface area contributed by atoms with E-state index in [0.29, 0.717) is 18.7 Å². The monoisotopic (exact) mass is 323 g/mol. The van der Waals surface area contributed by atoms with Crippen molar-refractivity contribution in [2.75, 3.05) is 13.1 Å². The van der Waals surface area contributed by atoms with Crippen molar-refractivity contribution in [2.24, 2.45) is 5.92 Å². The van der Waals surface area contributed by atoms with Gasteiger partial charge in [-0.25, -0.2) is 8.78 Å². The first-order chi connectivity index (χ1) is 10.9. The van der Waals surface area contributed by atoms with Crippen LogP contribution in [0.3, 0.4) is 0 Å². The molecule has 2 aliphatic rings. The van der Waals surface area contributed by atoms with Crippen LogP contribution in [0.4, 0.5) is 8.78 Å². The Bertz CT molecular complexity index is 557. The van der Waals surface area contributed by atoms with E-state index < -0.39 is 29.8 Å². The van der Waals surface area contributed by atoms with E-state index in [1.165, 1.54) is 0 Å². The molecule has 1 saturated heterocycles. The summed E-state index contributed by atoms with van der Waals surface area (Å²) in [4.78, 5) is 14.7. The zero-order valence-electron chi connectivity index (χ0n) is 13.2. The highest BCUT2D eigenvalue weighted by Gasteiger charge is 2.54. The number of likely N-dealkylation sites (tertiary alicyclic amines) is 1. The van der Waals surface area contributed by atoms with Gasteiger partial charge in [0.2, 0.25) is 5.92 Å². The number of carbonyl (C=O) groups is 1. The van der Waals surface area contributed by atoms with Crippen molar-refractivity contribution in [1.29, 1.82) is 0 Å². The maximum Gasteiger partial charge on any atom is 0.259 e. The molecule has 2 atom stereocenters. The summed E-state index contributed by atoms with van der Waals surface area (Å²) >= 11 is 0. The standard InChI is InChI=1S/C18H23F2NO2/c19-17(20)10-9-15(13-17)18(23,14-7-3-1-4-8-14)16(22)21-11-5-2-6-12-21/h1,3-4,7-8,15,23H,2,5-6,9-13H2/t15-,18+/m1/s1. The van der Waals surface area contributed by atoms with E-state index in [1.807, 2.05) is 0 Å². The van der Waals surface area contributed by atoms with E-state index in [0.717, 1.165) is 19.3 Å². The highest BCUT2D eigenvalue weighted by atomic mass is 19.3. The largest absolute Gasteiger partial charge is 0.375 e. The minimum atomic E-state index is -2.80. The molecule has 0 unspecified atom stereocenters. The molecule has 1 heterocycles. The summed E-state index contributed by atoms with van der Waals surface area (Å²) in [7, 11) is 0. The number of aliphatic hydroxyl groups is 1. The average molecular weight is 323 g/mol. The van der Waals surface area contributed by atoms with Gasteiger partial charge < -0.3 is 10.0 Å². The topological polar surface area (TPSA) is 40.5 Å². The van der Waals surface area contributed by atoms with Gasteiger partial charge in [0.25, 0.3) is 5.91 Å². The van der Waals surface area contributed by atoms with Crippen molar-refractivity contribution in [3.8, 4) is 0 Å². The Kier molecular flexibility index (Phi) is 4.41. The van der Waals surface area contributed by atoms with Gasteiger partial charge in [0.1, 0.15) is 0 Å². The van der Waals surface area contributed by atoms with Gasteiger partial charge in [0.15, 0.2) is 5.60 Å². The second-order valence-electron chi connectivity index (χ2n) is 6.78. The van der Waals surface area contributed by atoms with Crippen molar-refractivity contribution < 1.29 is 18.7 Å². The van der Waals surface area contributed by atoms with E-state index in [4.69, 9.17) is 0 Å². The molecule has 1 aromatic carbocycles. The van der Waals surface area contributed by atoms with Crippen molar-refractivity contribution >= 4 is 5.91 Å². The molecule has 1 saturated carbocycles. The van der Waals surface area contributed by atoms with Gasteiger partial charge >= 0.3 is 0 Å². The van der Waals surface area contributed by atoms with E-state index in [9.17, 15) is 18.7 Å². The minimum Gasteiger partial charge on any atom is -0.375 e. The number of carbonyl (C=O) groups excluding carboxylic acids is 1. The fraction of sp³-hybridized carbons (Fsp3) is 0.611. The number of nitrogens with zero attached hydrogens (tertiary/aromatic N) is 1. The van der Waals surface area contributed by atoms with Crippen LogP contribution in [-0.2, 0) is 10.4 Å². The first kappa shape index (κ1) is 16.4. The number of benzene rings is 1. The van der Waals surface area contributed by atoms with Crippen LogP contribution < -0.4 is 0 Å². The van der Waals surface area contributed by atoms with Crippen LogP contribution in [0.15, 0.2) is 30.3 Å². The van der Waals surface area contributed by atoms with E-state index in [1.54, 1.807) is 35.2 Å². The molecule has 1 aromatic rings. The number of amides is 1. The molecule has 126 valence electrons. The second-order valence-corrected chi connectivity index (χ2v) is 6.78. The molecule has 5 heteroatoms. The highest BCUT2D eigenvalue weighted by molar-refractivity contribution is 5.87. The summed E-state index contributed by atoms with van der Waals surface area (Å²) in [6, 6.07) is 8.59. The molecule has 0 spiro atoms. The molecular weight excluding hydrogens is 300 g/mol. The number of hydrogen-bond donors (Lipinski definition) is 1. The van der Waals surface area contributed by atoms with Gasteiger partial charge in [0.05, 0.1) is 0 Å². The Morgan fingerprint density at radius 2 is 1.83 bits per heavy atom. The van der Waals surface area contributed by atoms with Gasteiger partial charge in [-0.15, -0.1) is 0 Å². The van der Waals surface area contributed by atoms with E-state index >= 15 is 0 Å². The second kappa shape index (κ2) is 6.19. The predicted octanol–water partition coefficient (Wildman–Crippen LogP) is 3.32. The molecule has 0 radical (unpaired) electrons. The molecular formula is C18H23F2NO2. The highest BCUT2D eigenvalue weighted by Crippen LogP contribution is 2.48. The van der Waals surface area contributed by atoms with Gasteiger partial charge in [-0.1, -0.05) is 30.3 Å². The zero-order chi connectivity index (χ0) is 16.5. The number of piperidine rings is 1. The number of rotatable bonds is 3. The zero-order valence-corrected chi connectivity index (χ0v) is 13.2. The van der Waals surface area contributed by atoms with Gasteiger partial charge in [-0.2, -0.15) is 0 Å². The lowest BCUT2D eigenvalue weighted by atomic mass is 9.78. The van der Waals surface area contributed by atoms with Crippen LogP contribution in [0, 0.1) is 5.92 Å². The van der Waals surface area contributed by atoms with Crippen LogP contribution in [0.1, 0.15) is 44.1 Å². The van der Waals surface area contributed by atoms with Crippen LogP contribution in [0.2, 0.25) is 0 Å². The Hall–Kier alpha value is -1.49. The summed E-state index contributed by atoms with van der Waals surface area (Å²) in [6.07, 6.45) is 2.33. The number of hydrogen-bond acceptors (Lipinski definition) is 2. The lowest BCUT2D eigenvalue weighted by molar-refractivity contribution is -0.161. The summed E-state index contributed by atoms with van der Waals surface area (Å²) in [5.74, 6) is -3.95. The molecule has 3 nitrogen and oxygen atoms in total. The Morgan fingerprint density at radius 3 is 2.39 bits per heavy atom. The third-order valence-electron chi connectivity index (χ3n) is 5.18. The van der Waals surface area contributed by atoms with Crippen LogP contribution >= 0.6 is 0 Å². The smallest absolute Gasteiger partial charge is 0.259 e. The normalized spacial score (nSPS) is 26.7. The summed E-state index contributed by atoms with van der Waals surface area (Å²) < 4.78 is 27.4. The van der Waals surface area contributed by atoms with Crippen LogP contribution in [-0.4, -0.2) is 34.9 Å². The lowest BCUT2D eigenvalue weighted by Crippen LogP contribution is -2.52. The van der Waals surface area contributed by atoms with Crippen LogP contribution in [0.25, 0.3) is 0 Å². The number of alkyl halides is 2. The Balaban J connectivity index is 1.95. The summed E-state index contributed by atoms with van der Waals surface area (Å²) in [5.41, 5.74) is -1.42. The molecule has 2 fully saturated rings. The van der Waals surface area contributed by atoms with Crippen molar-refractivity contribution in [1.82, 2.24) is 4.90 Å². The predicted molar refractivity (Wildman–Crippen MR) is 83.1 cm³/mol. The number of halogens is 2. The fourth-order valence-electron chi connectivity index (χ4n) is 3.87. The Morgan fingerprint density at radius 1 is 1.17 bits per heavy atom. The minimum absolute atomic E-state index is 0.165. The third-order valence-corrected chi connectivity index (χ3v) is 5.18. The van der Waals surface area contributed by atoms with E-state index in [2.05, 4.69) is 0 Å². The average Bonchev–Trinajstić information content (AvgIpc) is 2.95. The SMILES string of the molecule is O=C(N1CCCCC1)[C@](O)(c1ccccc1)[C@@H]1CCC(F)(F)C1. The fourth-order valence-corrected chi connectivity index (χ4v) is 3.87. The van der Waals surface area contributed by atoms with Gasteiger partial charge in [-0.05, 0) is 31.2 Å². The first-order valence-corrected chi connectivity index (χ1v) is 8.38. The molecule has 0 aromatic heterocycles. The maximum atomic E-state index is 13.7. The van der Waals surface area contributed by atoms with Crippen molar-refractivity contribution in [3.05, 3.63) is 35.9 Å². The summed E-state index contributed by atoms with van der Waals surface area (Å²) in [6.45, 7) is 1.19. The quantitative estimate of drug-likeness (QED) is 0.927. The molecule has 1 N–H and O–H groups in total. The molecule has 0 bridgehead atoms. The first-order valence-electron chi connectivity index (χ1n) is 8.38. The molecule has 1 aliphatic heterocycles.